The fourth-order valence-electron chi connectivity index (χ4n) is 3.77. The third kappa shape index (κ3) is 5.00. The molecule has 0 bridgehead atoms. The van der Waals surface area contributed by atoms with Gasteiger partial charge in [0.2, 0.25) is 0 Å². The Morgan fingerprint density at radius 2 is 1.74 bits per heavy atom. The maximum Gasteiger partial charge on any atom is 0.353 e. The SMILES string of the molecule is COc1nn(C)c(=O)n1-c1ccccc1Oc1nc(C(=NOC(C)(C)C)c2cccc3ccccc23)ns1. The number of hydrogen-bond donors (Lipinski definition) is 0. The van der Waals surface area contributed by atoms with Crippen LogP contribution in [0.25, 0.3) is 16.5 Å². The van der Waals surface area contributed by atoms with Crippen LogP contribution >= 0.6 is 11.5 Å². The van der Waals surface area contributed by atoms with Gasteiger partial charge in [-0.05, 0) is 43.7 Å². The third-order valence-electron chi connectivity index (χ3n) is 5.46. The summed E-state index contributed by atoms with van der Waals surface area (Å²) in [7, 11) is 3.00. The maximum absolute atomic E-state index is 12.7. The minimum Gasteiger partial charge on any atom is -0.467 e. The van der Waals surface area contributed by atoms with Crippen molar-refractivity contribution in [3.63, 3.8) is 0 Å². The van der Waals surface area contributed by atoms with Crippen molar-refractivity contribution >= 4 is 28.0 Å². The van der Waals surface area contributed by atoms with Crippen LogP contribution in [-0.4, -0.2) is 42.1 Å². The van der Waals surface area contributed by atoms with Gasteiger partial charge in [-0.25, -0.2) is 14.0 Å². The summed E-state index contributed by atoms with van der Waals surface area (Å²) in [6.45, 7) is 5.77. The van der Waals surface area contributed by atoms with Gasteiger partial charge in [-0.3, -0.25) is 0 Å². The summed E-state index contributed by atoms with van der Waals surface area (Å²) >= 11 is 1.07. The summed E-state index contributed by atoms with van der Waals surface area (Å²) in [5, 5.41) is 10.9. The van der Waals surface area contributed by atoms with Crippen molar-refractivity contribution in [3.8, 4) is 22.6 Å². The summed E-state index contributed by atoms with van der Waals surface area (Å²) in [6, 6.07) is 21.2. The van der Waals surface area contributed by atoms with E-state index in [9.17, 15) is 4.79 Å². The fourth-order valence-corrected chi connectivity index (χ4v) is 4.32. The molecule has 194 valence electrons. The van der Waals surface area contributed by atoms with Crippen LogP contribution < -0.4 is 15.2 Å². The molecule has 5 aromatic rings. The van der Waals surface area contributed by atoms with Gasteiger partial charge in [0.1, 0.15) is 5.60 Å². The molecule has 2 heterocycles. The topological polar surface area (TPSA) is 106 Å². The number of rotatable bonds is 7. The minimum atomic E-state index is -0.514. The molecule has 5 rings (SSSR count). The van der Waals surface area contributed by atoms with E-state index < -0.39 is 5.60 Å². The molecule has 3 aromatic carbocycles. The Hall–Kier alpha value is -4.51. The molecule has 0 saturated carbocycles. The third-order valence-corrected chi connectivity index (χ3v) is 6.05. The largest absolute Gasteiger partial charge is 0.467 e. The van der Waals surface area contributed by atoms with Crippen LogP contribution in [0.2, 0.25) is 0 Å². The van der Waals surface area contributed by atoms with Crippen molar-refractivity contribution in [1.29, 1.82) is 0 Å². The molecule has 38 heavy (non-hydrogen) atoms. The Bertz CT molecular complexity index is 1690. The highest BCUT2D eigenvalue weighted by Gasteiger charge is 2.22. The molecule has 0 amide bonds. The van der Waals surface area contributed by atoms with Gasteiger partial charge in [0, 0.05) is 24.1 Å². The number of nitrogens with zero attached hydrogens (tertiary/aromatic N) is 6. The maximum atomic E-state index is 12.7. The molecule has 0 aliphatic carbocycles. The van der Waals surface area contributed by atoms with Crippen molar-refractivity contribution in [2.24, 2.45) is 12.2 Å². The lowest BCUT2D eigenvalue weighted by Crippen LogP contribution is -2.22. The molecule has 0 unspecified atom stereocenters. The van der Waals surface area contributed by atoms with Crippen LogP contribution in [0.5, 0.6) is 17.0 Å². The zero-order chi connectivity index (χ0) is 26.9. The smallest absolute Gasteiger partial charge is 0.353 e. The van der Waals surface area contributed by atoms with Crippen LogP contribution in [0.1, 0.15) is 32.2 Å². The Kier molecular flexibility index (Phi) is 6.68. The molecule has 0 N–H and O–H groups in total. The minimum absolute atomic E-state index is 0.135. The van der Waals surface area contributed by atoms with E-state index in [1.807, 2.05) is 63.2 Å². The highest BCUT2D eigenvalue weighted by atomic mass is 32.1. The molecule has 10 nitrogen and oxygen atoms in total. The summed E-state index contributed by atoms with van der Waals surface area (Å²) in [5.74, 6) is 0.748. The van der Waals surface area contributed by atoms with Crippen molar-refractivity contribution in [3.05, 3.63) is 88.6 Å². The molecule has 0 atom stereocenters. The van der Waals surface area contributed by atoms with E-state index in [-0.39, 0.29) is 16.9 Å². The lowest BCUT2D eigenvalue weighted by molar-refractivity contribution is 0.00112. The van der Waals surface area contributed by atoms with Crippen molar-refractivity contribution in [2.75, 3.05) is 7.11 Å². The predicted octanol–water partition coefficient (Wildman–Crippen LogP) is 4.94. The summed E-state index contributed by atoms with van der Waals surface area (Å²) < 4.78 is 18.5. The van der Waals surface area contributed by atoms with Crippen LogP contribution in [0.15, 0.2) is 76.7 Å². The molecule has 0 spiro atoms. The van der Waals surface area contributed by atoms with Gasteiger partial charge in [0.15, 0.2) is 17.3 Å². The van der Waals surface area contributed by atoms with Gasteiger partial charge in [-0.1, -0.05) is 59.8 Å². The van der Waals surface area contributed by atoms with Gasteiger partial charge in [0.25, 0.3) is 5.19 Å². The monoisotopic (exact) mass is 530 g/mol. The number of fused-ring (bicyclic) bond motifs is 1. The van der Waals surface area contributed by atoms with E-state index >= 15 is 0 Å². The van der Waals surface area contributed by atoms with Crippen molar-refractivity contribution in [2.45, 2.75) is 26.4 Å². The average molecular weight is 531 g/mol. The molecule has 0 fully saturated rings. The second kappa shape index (κ2) is 10.1. The Morgan fingerprint density at radius 1 is 1.00 bits per heavy atom. The van der Waals surface area contributed by atoms with E-state index in [0.29, 0.717) is 23.0 Å². The van der Waals surface area contributed by atoms with Crippen LogP contribution in [0, 0.1) is 0 Å². The van der Waals surface area contributed by atoms with E-state index in [1.165, 1.54) is 16.4 Å². The second-order valence-electron chi connectivity index (χ2n) is 9.35. The zero-order valence-corrected chi connectivity index (χ0v) is 22.4. The Balaban J connectivity index is 1.55. The molecule has 0 aliphatic rings. The van der Waals surface area contributed by atoms with Gasteiger partial charge < -0.3 is 14.3 Å². The lowest BCUT2D eigenvalue weighted by atomic mass is 10.0. The summed E-state index contributed by atoms with van der Waals surface area (Å²) in [6.07, 6.45) is 0. The molecule has 2 aromatic heterocycles. The summed E-state index contributed by atoms with van der Waals surface area (Å²) in [4.78, 5) is 23.2. The van der Waals surface area contributed by atoms with Crippen molar-refractivity contribution < 1.29 is 14.3 Å². The first-order valence-corrected chi connectivity index (χ1v) is 12.6. The molecule has 0 aliphatic heterocycles. The number of ether oxygens (including phenoxy) is 2. The summed E-state index contributed by atoms with van der Waals surface area (Å²) in [5.41, 5.74) is 0.893. The van der Waals surface area contributed by atoms with E-state index in [4.69, 9.17) is 14.3 Å². The standard InChI is InChI=1S/C27H26N6O4S/c1-27(2,3)37-30-22(19-14-10-12-17-11-6-7-13-18(17)19)23-28-25(38-31-23)36-21-16-9-8-15-20(21)33-24(35-5)29-32(4)26(33)34/h6-16H,1-5H3. The van der Waals surface area contributed by atoms with E-state index in [0.717, 1.165) is 27.9 Å². The molecule has 11 heteroatoms. The fraction of sp³-hybridized carbons (Fsp3) is 0.222. The first-order valence-electron chi connectivity index (χ1n) is 11.8. The number of methoxy groups -OCH3 is 1. The predicted molar refractivity (Wildman–Crippen MR) is 146 cm³/mol. The zero-order valence-electron chi connectivity index (χ0n) is 21.6. The number of oxime groups is 1. The Morgan fingerprint density at radius 3 is 2.53 bits per heavy atom. The van der Waals surface area contributed by atoms with Gasteiger partial charge >= 0.3 is 11.7 Å². The van der Waals surface area contributed by atoms with E-state index in [2.05, 4.69) is 19.6 Å². The van der Waals surface area contributed by atoms with Crippen LogP contribution in [0.4, 0.5) is 0 Å². The lowest BCUT2D eigenvalue weighted by Gasteiger charge is -2.17. The quantitative estimate of drug-likeness (QED) is 0.217. The van der Waals surface area contributed by atoms with Gasteiger partial charge in [-0.15, -0.1) is 5.10 Å². The first-order chi connectivity index (χ1) is 18.2. The number of aromatic nitrogens is 5. The van der Waals surface area contributed by atoms with Crippen LogP contribution in [-0.2, 0) is 11.9 Å². The van der Waals surface area contributed by atoms with Crippen molar-refractivity contribution in [1.82, 2.24) is 23.7 Å². The number of hydrogen-bond acceptors (Lipinski definition) is 9. The van der Waals surface area contributed by atoms with Gasteiger partial charge in [-0.2, -0.15) is 9.36 Å². The molecular formula is C27H26N6O4S. The number of aryl methyl sites for hydroxylation is 1. The normalized spacial score (nSPS) is 12.1. The second-order valence-corrected chi connectivity index (χ2v) is 10.1. The van der Waals surface area contributed by atoms with E-state index in [1.54, 1.807) is 31.3 Å². The molecular weight excluding hydrogens is 504 g/mol. The molecule has 0 saturated heterocycles. The first kappa shape index (κ1) is 25.2. The number of para-hydroxylation sites is 2. The number of benzene rings is 3. The average Bonchev–Trinajstić information content (AvgIpc) is 3.47. The van der Waals surface area contributed by atoms with Crippen LogP contribution in [0.3, 0.4) is 0 Å². The Labute approximate surface area is 222 Å². The highest BCUT2D eigenvalue weighted by Crippen LogP contribution is 2.31. The highest BCUT2D eigenvalue weighted by molar-refractivity contribution is 7.07. The molecule has 0 radical (unpaired) electrons. The van der Waals surface area contributed by atoms with Gasteiger partial charge in [0.05, 0.1) is 12.8 Å².